The fourth-order valence-corrected chi connectivity index (χ4v) is 0.870. The Hall–Kier alpha value is -1.68. The first-order chi connectivity index (χ1) is 6.13. The summed E-state index contributed by atoms with van der Waals surface area (Å²) in [6, 6.07) is 1.64. The van der Waals surface area contributed by atoms with Crippen LogP contribution in [0.5, 0.6) is 0 Å². The predicted octanol–water partition coefficient (Wildman–Crippen LogP) is -0.110. The Labute approximate surface area is 81.8 Å². The van der Waals surface area contributed by atoms with Crippen LogP contribution in [0.15, 0.2) is 16.6 Å². The second-order valence-corrected chi connectivity index (χ2v) is 2.72. The smallest absolute Gasteiger partial charge is 0.260 e. The van der Waals surface area contributed by atoms with E-state index in [4.69, 9.17) is 11.0 Å². The lowest BCUT2D eigenvalue weighted by Gasteiger charge is -1.90. The highest BCUT2D eigenvalue weighted by Crippen LogP contribution is 2.00. The highest BCUT2D eigenvalue weighted by molar-refractivity contribution is 9.10. The predicted molar refractivity (Wildman–Crippen MR) is 46.8 cm³/mol. The van der Waals surface area contributed by atoms with Gasteiger partial charge in [-0.25, -0.2) is 9.67 Å². The summed E-state index contributed by atoms with van der Waals surface area (Å²) in [6.45, 7) is 0. The molecule has 1 aromatic rings. The number of hydrogen-bond donors (Lipinski definition) is 1. The SMILES string of the molecule is N#C/C(=C\n1cnc(Br)n1)C(N)=O. The van der Waals surface area contributed by atoms with Gasteiger partial charge in [0.25, 0.3) is 5.91 Å². The maximum atomic E-state index is 10.6. The molecule has 7 heteroatoms. The number of hydrogen-bond acceptors (Lipinski definition) is 4. The number of rotatable bonds is 2. The normalized spacial score (nSPS) is 10.9. The topological polar surface area (TPSA) is 97.6 Å². The summed E-state index contributed by atoms with van der Waals surface area (Å²) in [7, 11) is 0. The molecule has 0 aliphatic heterocycles. The van der Waals surface area contributed by atoms with Crippen molar-refractivity contribution in [2.75, 3.05) is 0 Å². The van der Waals surface area contributed by atoms with E-state index < -0.39 is 5.91 Å². The maximum Gasteiger partial charge on any atom is 0.260 e. The quantitative estimate of drug-likeness (QED) is 0.577. The Kier molecular flexibility index (Phi) is 2.76. The third-order valence-corrected chi connectivity index (χ3v) is 1.49. The number of amides is 1. The number of carbonyl (C=O) groups is 1. The van der Waals surface area contributed by atoms with Gasteiger partial charge in [0.2, 0.25) is 4.73 Å². The van der Waals surface area contributed by atoms with Crippen LogP contribution in [0.4, 0.5) is 0 Å². The van der Waals surface area contributed by atoms with Crippen molar-refractivity contribution in [1.82, 2.24) is 14.8 Å². The van der Waals surface area contributed by atoms with Gasteiger partial charge in [-0.3, -0.25) is 4.79 Å². The second-order valence-electron chi connectivity index (χ2n) is 2.01. The summed E-state index contributed by atoms with van der Waals surface area (Å²) in [5.41, 5.74) is 4.72. The van der Waals surface area contributed by atoms with E-state index in [1.807, 2.05) is 0 Å². The van der Waals surface area contributed by atoms with Crippen LogP contribution in [0.3, 0.4) is 0 Å². The molecule has 0 aliphatic rings. The third-order valence-electron chi connectivity index (χ3n) is 1.13. The zero-order valence-electron chi connectivity index (χ0n) is 6.31. The number of halogens is 1. The standard InChI is InChI=1S/C6H4BrN5O/c7-6-10-3-12(11-6)2-4(1-8)5(9)13/h2-3H,(H2,9,13)/b4-2+. The van der Waals surface area contributed by atoms with E-state index in [1.165, 1.54) is 17.2 Å². The average molecular weight is 242 g/mol. The number of aromatic nitrogens is 3. The Morgan fingerprint density at radius 3 is 2.92 bits per heavy atom. The van der Waals surface area contributed by atoms with Crippen LogP contribution in [-0.4, -0.2) is 20.7 Å². The molecule has 6 nitrogen and oxygen atoms in total. The summed E-state index contributed by atoms with van der Waals surface area (Å²) in [5.74, 6) is -0.797. The molecular weight excluding hydrogens is 238 g/mol. The van der Waals surface area contributed by atoms with Crippen molar-refractivity contribution in [3.63, 3.8) is 0 Å². The van der Waals surface area contributed by atoms with Gasteiger partial charge in [0.05, 0.1) is 6.20 Å². The molecule has 0 saturated carbocycles. The van der Waals surface area contributed by atoms with E-state index in [1.54, 1.807) is 6.07 Å². The van der Waals surface area contributed by atoms with Gasteiger partial charge < -0.3 is 5.73 Å². The molecule has 0 bridgehead atoms. The Morgan fingerprint density at radius 1 is 1.85 bits per heavy atom. The Bertz CT molecular complexity index is 401. The van der Waals surface area contributed by atoms with Crippen LogP contribution in [-0.2, 0) is 4.79 Å². The molecule has 0 saturated heterocycles. The average Bonchev–Trinajstić information content (AvgIpc) is 2.46. The van der Waals surface area contributed by atoms with Gasteiger partial charge in [0.1, 0.15) is 18.0 Å². The third kappa shape index (κ3) is 2.38. The van der Waals surface area contributed by atoms with Gasteiger partial charge in [0.15, 0.2) is 0 Å². The molecule has 0 fully saturated rings. The largest absolute Gasteiger partial charge is 0.365 e. The number of carbonyl (C=O) groups excluding carboxylic acids is 1. The lowest BCUT2D eigenvalue weighted by atomic mass is 10.3. The summed E-state index contributed by atoms with van der Waals surface area (Å²) in [4.78, 5) is 14.3. The Balaban J connectivity index is 3.00. The van der Waals surface area contributed by atoms with Crippen molar-refractivity contribution in [3.05, 3.63) is 16.6 Å². The molecule has 0 radical (unpaired) electrons. The minimum Gasteiger partial charge on any atom is -0.365 e. The molecule has 1 rings (SSSR count). The summed E-state index contributed by atoms with van der Waals surface area (Å²) >= 11 is 3.01. The number of nitriles is 1. The van der Waals surface area contributed by atoms with Crippen molar-refractivity contribution in [2.24, 2.45) is 5.73 Å². The highest BCUT2D eigenvalue weighted by Gasteiger charge is 2.03. The van der Waals surface area contributed by atoms with Crippen molar-refractivity contribution in [2.45, 2.75) is 0 Å². The van der Waals surface area contributed by atoms with Crippen molar-refractivity contribution < 1.29 is 4.79 Å². The van der Waals surface area contributed by atoms with Gasteiger partial charge in [-0.1, -0.05) is 0 Å². The molecule has 0 aromatic carbocycles. The molecule has 66 valence electrons. The molecule has 2 N–H and O–H groups in total. The molecule has 0 atom stereocenters. The van der Waals surface area contributed by atoms with Crippen LogP contribution in [0.25, 0.3) is 6.20 Å². The highest BCUT2D eigenvalue weighted by atomic mass is 79.9. The minimum atomic E-state index is -0.797. The molecule has 0 spiro atoms. The summed E-state index contributed by atoms with van der Waals surface area (Å²) in [5, 5.41) is 12.2. The van der Waals surface area contributed by atoms with Crippen molar-refractivity contribution in [3.8, 4) is 6.07 Å². The van der Waals surface area contributed by atoms with Crippen molar-refractivity contribution >= 4 is 28.0 Å². The minimum absolute atomic E-state index is 0.183. The van der Waals surface area contributed by atoms with Crippen LogP contribution in [0, 0.1) is 11.3 Å². The van der Waals surface area contributed by atoms with E-state index >= 15 is 0 Å². The van der Waals surface area contributed by atoms with Gasteiger partial charge >= 0.3 is 0 Å². The summed E-state index contributed by atoms with van der Waals surface area (Å²) < 4.78 is 1.58. The number of nitrogens with two attached hydrogens (primary N) is 1. The van der Waals surface area contributed by atoms with E-state index in [0.717, 1.165) is 0 Å². The summed E-state index contributed by atoms with van der Waals surface area (Å²) in [6.07, 6.45) is 2.53. The molecule has 0 aliphatic carbocycles. The number of primary amides is 1. The van der Waals surface area contributed by atoms with Gasteiger partial charge in [-0.2, -0.15) is 5.26 Å². The number of nitrogens with zero attached hydrogens (tertiary/aromatic N) is 4. The fraction of sp³-hybridized carbons (Fsp3) is 0. The van der Waals surface area contributed by atoms with E-state index in [-0.39, 0.29) is 5.57 Å². The first-order valence-electron chi connectivity index (χ1n) is 3.12. The van der Waals surface area contributed by atoms with E-state index in [0.29, 0.717) is 4.73 Å². The van der Waals surface area contributed by atoms with Gasteiger partial charge in [0, 0.05) is 0 Å². The zero-order chi connectivity index (χ0) is 9.84. The fourth-order valence-electron chi connectivity index (χ4n) is 0.596. The molecule has 0 unspecified atom stereocenters. The van der Waals surface area contributed by atoms with E-state index in [2.05, 4.69) is 26.0 Å². The Morgan fingerprint density at radius 2 is 2.54 bits per heavy atom. The van der Waals surface area contributed by atoms with Crippen LogP contribution in [0.1, 0.15) is 0 Å². The first kappa shape index (κ1) is 9.41. The lowest BCUT2D eigenvalue weighted by Crippen LogP contribution is -2.13. The van der Waals surface area contributed by atoms with Gasteiger partial charge in [-0.15, -0.1) is 5.10 Å². The zero-order valence-corrected chi connectivity index (χ0v) is 7.89. The van der Waals surface area contributed by atoms with Crippen LogP contribution >= 0.6 is 15.9 Å². The van der Waals surface area contributed by atoms with Gasteiger partial charge in [-0.05, 0) is 15.9 Å². The molecule has 13 heavy (non-hydrogen) atoms. The van der Waals surface area contributed by atoms with Crippen LogP contribution in [0.2, 0.25) is 0 Å². The molecule has 1 aromatic heterocycles. The molecule has 1 amide bonds. The first-order valence-corrected chi connectivity index (χ1v) is 3.91. The second kappa shape index (κ2) is 3.82. The van der Waals surface area contributed by atoms with Crippen LogP contribution < -0.4 is 5.73 Å². The monoisotopic (exact) mass is 241 g/mol. The molecular formula is C6H4BrN5O. The maximum absolute atomic E-state index is 10.6. The van der Waals surface area contributed by atoms with Crippen molar-refractivity contribution in [1.29, 1.82) is 5.26 Å². The lowest BCUT2D eigenvalue weighted by molar-refractivity contribution is -0.114. The van der Waals surface area contributed by atoms with E-state index in [9.17, 15) is 4.79 Å². The molecule has 1 heterocycles.